The molecule has 25 heavy (non-hydrogen) atoms. The van der Waals surface area contributed by atoms with Crippen molar-refractivity contribution in [2.24, 2.45) is 5.16 Å². The van der Waals surface area contributed by atoms with E-state index in [4.69, 9.17) is 32.8 Å². The van der Waals surface area contributed by atoms with Crippen LogP contribution in [0.1, 0.15) is 18.9 Å². The minimum Gasteiger partial charge on any atom is -0.492 e. The summed E-state index contributed by atoms with van der Waals surface area (Å²) in [5.41, 5.74) is 1.38. The molecule has 1 N–H and O–H groups in total. The lowest BCUT2D eigenvalue weighted by Crippen LogP contribution is -2.16. The second-order valence-electron chi connectivity index (χ2n) is 5.10. The highest BCUT2D eigenvalue weighted by Gasteiger charge is 2.03. The average Bonchev–Trinajstić information content (AvgIpc) is 2.60. The number of nitrogens with zero attached hydrogens (tertiary/aromatic N) is 1. The zero-order valence-corrected chi connectivity index (χ0v) is 15.2. The van der Waals surface area contributed by atoms with Crippen LogP contribution in [0.4, 0.5) is 5.69 Å². The Morgan fingerprint density at radius 2 is 1.96 bits per heavy atom. The van der Waals surface area contributed by atoms with Crippen molar-refractivity contribution in [1.29, 1.82) is 0 Å². The van der Waals surface area contributed by atoms with E-state index in [1.165, 1.54) is 6.21 Å². The number of hydrogen-bond acceptors (Lipinski definition) is 4. The Balaban J connectivity index is 1.79. The summed E-state index contributed by atoms with van der Waals surface area (Å²) in [7, 11) is 0. The highest BCUT2D eigenvalue weighted by molar-refractivity contribution is 6.32. The molecule has 2 aromatic rings. The SMILES string of the molecule is CCCOc1ccc(/C=N/OCC(=O)Nc2ccc(Cl)cc2)cc1Cl. The van der Waals surface area contributed by atoms with Crippen LogP contribution in [0.2, 0.25) is 10.0 Å². The van der Waals surface area contributed by atoms with Gasteiger partial charge in [-0.25, -0.2) is 0 Å². The van der Waals surface area contributed by atoms with Gasteiger partial charge >= 0.3 is 0 Å². The molecule has 0 fully saturated rings. The zero-order valence-electron chi connectivity index (χ0n) is 13.7. The summed E-state index contributed by atoms with van der Waals surface area (Å²) in [6, 6.07) is 12.1. The Hall–Kier alpha value is -2.24. The third-order valence-corrected chi connectivity index (χ3v) is 3.56. The molecule has 1 amide bonds. The molecule has 0 saturated carbocycles. The van der Waals surface area contributed by atoms with Gasteiger partial charge in [-0.05, 0) is 54.4 Å². The molecular formula is C18H18Cl2N2O3. The van der Waals surface area contributed by atoms with Gasteiger partial charge in [0.15, 0.2) is 6.61 Å². The Morgan fingerprint density at radius 3 is 2.64 bits per heavy atom. The van der Waals surface area contributed by atoms with E-state index >= 15 is 0 Å². The molecule has 0 bridgehead atoms. The van der Waals surface area contributed by atoms with Crippen molar-refractivity contribution in [3.05, 3.63) is 58.1 Å². The van der Waals surface area contributed by atoms with Gasteiger partial charge in [-0.1, -0.05) is 35.3 Å². The van der Waals surface area contributed by atoms with Crippen LogP contribution in [0.15, 0.2) is 47.6 Å². The molecule has 0 spiro atoms. The Morgan fingerprint density at radius 1 is 1.20 bits per heavy atom. The number of ether oxygens (including phenoxy) is 1. The van der Waals surface area contributed by atoms with Crippen LogP contribution in [-0.4, -0.2) is 25.3 Å². The van der Waals surface area contributed by atoms with Crippen molar-refractivity contribution in [2.75, 3.05) is 18.5 Å². The van der Waals surface area contributed by atoms with E-state index in [0.29, 0.717) is 28.1 Å². The van der Waals surface area contributed by atoms with Gasteiger partial charge in [0.1, 0.15) is 5.75 Å². The predicted molar refractivity (Wildman–Crippen MR) is 101 cm³/mol. The molecule has 132 valence electrons. The maximum absolute atomic E-state index is 11.7. The number of amides is 1. The maximum Gasteiger partial charge on any atom is 0.265 e. The van der Waals surface area contributed by atoms with Gasteiger partial charge in [-0.2, -0.15) is 0 Å². The number of carbonyl (C=O) groups excluding carboxylic acids is 1. The van der Waals surface area contributed by atoms with Crippen molar-refractivity contribution in [3.63, 3.8) is 0 Å². The molecule has 5 nitrogen and oxygen atoms in total. The maximum atomic E-state index is 11.7. The molecular weight excluding hydrogens is 363 g/mol. The highest BCUT2D eigenvalue weighted by Crippen LogP contribution is 2.25. The Labute approximate surface area is 156 Å². The second kappa shape index (κ2) is 9.91. The van der Waals surface area contributed by atoms with Crippen molar-refractivity contribution in [1.82, 2.24) is 0 Å². The molecule has 0 aromatic heterocycles. The first kappa shape index (κ1) is 19.1. The normalized spacial score (nSPS) is 10.7. The third-order valence-electron chi connectivity index (χ3n) is 3.02. The summed E-state index contributed by atoms with van der Waals surface area (Å²) in [4.78, 5) is 16.7. The van der Waals surface area contributed by atoms with Gasteiger partial charge in [-0.3, -0.25) is 4.79 Å². The number of benzene rings is 2. The molecule has 0 saturated heterocycles. The van der Waals surface area contributed by atoms with E-state index in [1.807, 2.05) is 6.92 Å². The molecule has 0 radical (unpaired) electrons. The summed E-state index contributed by atoms with van der Waals surface area (Å²) in [6.45, 7) is 2.43. The summed E-state index contributed by atoms with van der Waals surface area (Å²) in [5.74, 6) is 0.310. The smallest absolute Gasteiger partial charge is 0.265 e. The van der Waals surface area contributed by atoms with Crippen molar-refractivity contribution >= 4 is 41.0 Å². The van der Waals surface area contributed by atoms with E-state index in [-0.39, 0.29) is 12.5 Å². The molecule has 0 heterocycles. The molecule has 0 atom stereocenters. The van der Waals surface area contributed by atoms with Crippen LogP contribution in [0.5, 0.6) is 5.75 Å². The molecule has 2 aromatic carbocycles. The number of rotatable bonds is 8. The number of carbonyl (C=O) groups is 1. The van der Waals surface area contributed by atoms with Crippen LogP contribution >= 0.6 is 23.2 Å². The van der Waals surface area contributed by atoms with Crippen molar-refractivity contribution < 1.29 is 14.4 Å². The van der Waals surface area contributed by atoms with Crippen LogP contribution in [0, 0.1) is 0 Å². The minimum absolute atomic E-state index is 0.204. The third kappa shape index (κ3) is 6.64. The first-order valence-corrected chi connectivity index (χ1v) is 8.47. The number of oxime groups is 1. The molecule has 7 heteroatoms. The number of halogens is 2. The minimum atomic E-state index is -0.319. The van der Waals surface area contributed by atoms with Gasteiger partial charge in [0.2, 0.25) is 0 Å². The van der Waals surface area contributed by atoms with Gasteiger partial charge in [0.25, 0.3) is 5.91 Å². The number of anilines is 1. The molecule has 0 aliphatic heterocycles. The van der Waals surface area contributed by atoms with E-state index in [0.717, 1.165) is 12.0 Å². The van der Waals surface area contributed by atoms with Crippen LogP contribution < -0.4 is 10.1 Å². The quantitative estimate of drug-likeness (QED) is 0.529. The predicted octanol–water partition coefficient (Wildman–Crippen LogP) is 4.77. The largest absolute Gasteiger partial charge is 0.492 e. The fourth-order valence-electron chi connectivity index (χ4n) is 1.85. The van der Waals surface area contributed by atoms with Gasteiger partial charge < -0.3 is 14.9 Å². The fraction of sp³-hybridized carbons (Fsp3) is 0.222. The topological polar surface area (TPSA) is 59.9 Å². The first-order valence-electron chi connectivity index (χ1n) is 7.71. The van der Waals surface area contributed by atoms with E-state index in [9.17, 15) is 4.79 Å². The van der Waals surface area contributed by atoms with Gasteiger partial charge in [-0.15, -0.1) is 0 Å². The number of nitrogens with one attached hydrogen (secondary N) is 1. The monoisotopic (exact) mass is 380 g/mol. The molecule has 0 unspecified atom stereocenters. The summed E-state index contributed by atoms with van der Waals surface area (Å²) < 4.78 is 5.49. The summed E-state index contributed by atoms with van der Waals surface area (Å²) in [5, 5.41) is 7.53. The second-order valence-corrected chi connectivity index (χ2v) is 5.94. The van der Waals surface area contributed by atoms with E-state index < -0.39 is 0 Å². The van der Waals surface area contributed by atoms with Crippen molar-refractivity contribution in [2.45, 2.75) is 13.3 Å². The summed E-state index contributed by atoms with van der Waals surface area (Å²) in [6.07, 6.45) is 2.39. The van der Waals surface area contributed by atoms with Gasteiger partial charge in [0.05, 0.1) is 17.8 Å². The Bertz CT molecular complexity index is 734. The molecule has 2 rings (SSSR count). The van der Waals surface area contributed by atoms with E-state index in [1.54, 1.807) is 42.5 Å². The van der Waals surface area contributed by atoms with Crippen LogP contribution in [-0.2, 0) is 9.63 Å². The van der Waals surface area contributed by atoms with Crippen LogP contribution in [0.25, 0.3) is 0 Å². The first-order chi connectivity index (χ1) is 12.1. The molecule has 0 aliphatic rings. The lowest BCUT2D eigenvalue weighted by atomic mass is 10.2. The Kier molecular flexibility index (Phi) is 7.57. The molecule has 0 aliphatic carbocycles. The summed E-state index contributed by atoms with van der Waals surface area (Å²) >= 11 is 11.9. The lowest BCUT2D eigenvalue weighted by Gasteiger charge is -2.07. The average molecular weight is 381 g/mol. The standard InChI is InChI=1S/C18H18Cl2N2O3/c1-2-9-24-17-8-3-13(10-16(17)20)11-21-25-12-18(23)22-15-6-4-14(19)5-7-15/h3-8,10-11H,2,9,12H2,1H3,(H,22,23)/b21-11+. The zero-order chi connectivity index (χ0) is 18.1. The fourth-order valence-corrected chi connectivity index (χ4v) is 2.22. The van der Waals surface area contributed by atoms with Gasteiger partial charge in [0, 0.05) is 10.7 Å². The van der Waals surface area contributed by atoms with E-state index in [2.05, 4.69) is 10.5 Å². The lowest BCUT2D eigenvalue weighted by molar-refractivity contribution is -0.120. The highest BCUT2D eigenvalue weighted by atomic mass is 35.5. The van der Waals surface area contributed by atoms with Crippen molar-refractivity contribution in [3.8, 4) is 5.75 Å². The van der Waals surface area contributed by atoms with Crippen LogP contribution in [0.3, 0.4) is 0 Å². The number of hydrogen-bond donors (Lipinski definition) is 1.